The Morgan fingerprint density at radius 3 is 2.41 bits per heavy atom. The summed E-state index contributed by atoms with van der Waals surface area (Å²) < 4.78 is 17.0. The van der Waals surface area contributed by atoms with Crippen LogP contribution in [-0.2, 0) is 20.6 Å². The van der Waals surface area contributed by atoms with E-state index in [1.54, 1.807) is 0 Å². The maximum Gasteiger partial charge on any atom is 0.193 e. The van der Waals surface area contributed by atoms with Crippen molar-refractivity contribution in [3.63, 3.8) is 0 Å². The number of hydrogen-bond acceptors (Lipinski definition) is 4. The fraction of sp³-hybridized carbons (Fsp3) is 0.435. The molecule has 0 spiro atoms. The molecule has 1 fully saturated rings. The summed E-state index contributed by atoms with van der Waals surface area (Å²) >= 11 is 0. The number of benzene rings is 2. The molecule has 1 aliphatic heterocycles. The van der Waals surface area contributed by atoms with Crippen molar-refractivity contribution in [2.24, 2.45) is 0 Å². The molecule has 2 aromatic carbocycles. The maximum absolute atomic E-state index is 12.4. The molecule has 0 radical (unpaired) electrons. The average Bonchev–Trinajstić information content (AvgIpc) is 3.04. The zero-order valence-corrected chi connectivity index (χ0v) is 16.1. The van der Waals surface area contributed by atoms with Crippen LogP contribution in [0.5, 0.6) is 0 Å². The molecule has 0 amide bonds. The Morgan fingerprint density at radius 2 is 1.74 bits per heavy atom. The molecule has 1 unspecified atom stereocenters. The summed E-state index contributed by atoms with van der Waals surface area (Å²) in [5, 5.41) is 0. The summed E-state index contributed by atoms with van der Waals surface area (Å²) in [5.74, 6) is -0.398. The summed E-state index contributed by atoms with van der Waals surface area (Å²) in [6.45, 7) is 5.93. The fourth-order valence-electron chi connectivity index (χ4n) is 3.18. The van der Waals surface area contributed by atoms with E-state index in [4.69, 9.17) is 14.2 Å². The molecule has 0 aromatic heterocycles. The van der Waals surface area contributed by atoms with Crippen LogP contribution in [0.3, 0.4) is 0 Å². The van der Waals surface area contributed by atoms with Gasteiger partial charge in [-0.3, -0.25) is 4.79 Å². The van der Waals surface area contributed by atoms with E-state index in [-0.39, 0.29) is 11.9 Å². The van der Waals surface area contributed by atoms with Crippen LogP contribution in [0.25, 0.3) is 0 Å². The summed E-state index contributed by atoms with van der Waals surface area (Å²) in [7, 11) is 0. The standard InChI is InChI=1S/C23H28O4/c1-23(2)26-17-21(27-23)14-16-25-15-6-7-18-10-12-20(13-11-18)22(24)19-8-4-3-5-9-19/h3-5,8-13,21H,6-7,14-17H2,1-2H3. The van der Waals surface area contributed by atoms with Crippen molar-refractivity contribution >= 4 is 5.78 Å². The second-order valence-electron chi connectivity index (χ2n) is 7.35. The van der Waals surface area contributed by atoms with E-state index >= 15 is 0 Å². The molecule has 144 valence electrons. The first-order chi connectivity index (χ1) is 13.0. The molecule has 1 saturated heterocycles. The molecule has 4 heteroatoms. The molecule has 1 heterocycles. The van der Waals surface area contributed by atoms with Gasteiger partial charge < -0.3 is 14.2 Å². The van der Waals surface area contributed by atoms with Crippen molar-refractivity contribution in [1.29, 1.82) is 0 Å². The molecule has 0 saturated carbocycles. The van der Waals surface area contributed by atoms with Crippen LogP contribution in [-0.4, -0.2) is 37.5 Å². The van der Waals surface area contributed by atoms with Gasteiger partial charge in [0, 0.05) is 24.3 Å². The normalized spacial score (nSPS) is 18.5. The highest BCUT2D eigenvalue weighted by atomic mass is 16.7. The number of ketones is 1. The van der Waals surface area contributed by atoms with Crippen LogP contribution in [0.4, 0.5) is 0 Å². The molecular weight excluding hydrogens is 340 g/mol. The molecular formula is C23H28O4. The third kappa shape index (κ3) is 5.99. The van der Waals surface area contributed by atoms with Gasteiger partial charge in [0.25, 0.3) is 0 Å². The SMILES string of the molecule is CC1(C)OCC(CCOCCCc2ccc(C(=O)c3ccccc3)cc2)O1. The lowest BCUT2D eigenvalue weighted by Crippen LogP contribution is -2.22. The van der Waals surface area contributed by atoms with Crippen LogP contribution >= 0.6 is 0 Å². The van der Waals surface area contributed by atoms with E-state index in [0.29, 0.717) is 13.2 Å². The highest BCUT2D eigenvalue weighted by molar-refractivity contribution is 6.08. The van der Waals surface area contributed by atoms with Crippen LogP contribution in [0.2, 0.25) is 0 Å². The smallest absolute Gasteiger partial charge is 0.193 e. The van der Waals surface area contributed by atoms with Crippen molar-refractivity contribution in [2.75, 3.05) is 19.8 Å². The Balaban J connectivity index is 1.34. The lowest BCUT2D eigenvalue weighted by molar-refractivity contribution is -0.140. The second-order valence-corrected chi connectivity index (χ2v) is 7.35. The van der Waals surface area contributed by atoms with Crippen molar-refractivity contribution in [3.8, 4) is 0 Å². The van der Waals surface area contributed by atoms with E-state index in [1.165, 1.54) is 5.56 Å². The Bertz CT molecular complexity index is 722. The molecule has 3 rings (SSSR count). The zero-order chi connectivity index (χ0) is 19.1. The van der Waals surface area contributed by atoms with E-state index in [1.807, 2.05) is 68.4 Å². The van der Waals surface area contributed by atoms with E-state index in [9.17, 15) is 4.79 Å². The van der Waals surface area contributed by atoms with Gasteiger partial charge in [-0.05, 0) is 38.7 Å². The van der Waals surface area contributed by atoms with Crippen LogP contribution < -0.4 is 0 Å². The Kier molecular flexibility index (Phi) is 6.78. The number of aryl methyl sites for hydroxylation is 1. The van der Waals surface area contributed by atoms with Gasteiger partial charge in [-0.25, -0.2) is 0 Å². The van der Waals surface area contributed by atoms with E-state index < -0.39 is 5.79 Å². The van der Waals surface area contributed by atoms with Gasteiger partial charge in [0.2, 0.25) is 0 Å². The monoisotopic (exact) mass is 368 g/mol. The van der Waals surface area contributed by atoms with Crippen LogP contribution in [0.1, 0.15) is 48.2 Å². The molecule has 1 aliphatic rings. The van der Waals surface area contributed by atoms with Crippen molar-refractivity contribution in [2.45, 2.75) is 45.0 Å². The van der Waals surface area contributed by atoms with Crippen LogP contribution in [0, 0.1) is 0 Å². The molecule has 0 aliphatic carbocycles. The predicted octanol–water partition coefficient (Wildman–Crippen LogP) is 4.41. The van der Waals surface area contributed by atoms with Crippen molar-refractivity contribution < 1.29 is 19.0 Å². The number of hydrogen-bond donors (Lipinski definition) is 0. The van der Waals surface area contributed by atoms with Gasteiger partial charge in [-0.15, -0.1) is 0 Å². The van der Waals surface area contributed by atoms with Gasteiger partial charge in [0.15, 0.2) is 11.6 Å². The first kappa shape index (κ1) is 19.7. The number of carbonyl (C=O) groups is 1. The third-order valence-corrected chi connectivity index (χ3v) is 4.66. The van der Waals surface area contributed by atoms with Gasteiger partial charge in [-0.1, -0.05) is 54.6 Å². The van der Waals surface area contributed by atoms with Gasteiger partial charge >= 0.3 is 0 Å². The summed E-state index contributed by atoms with van der Waals surface area (Å²) in [5.41, 5.74) is 2.67. The fourth-order valence-corrected chi connectivity index (χ4v) is 3.18. The lowest BCUT2D eigenvalue weighted by atomic mass is 10.0. The molecule has 4 nitrogen and oxygen atoms in total. The predicted molar refractivity (Wildman–Crippen MR) is 105 cm³/mol. The molecule has 1 atom stereocenters. The van der Waals surface area contributed by atoms with E-state index in [0.717, 1.165) is 37.0 Å². The number of ether oxygens (including phenoxy) is 3. The van der Waals surface area contributed by atoms with E-state index in [2.05, 4.69) is 0 Å². The molecule has 2 aromatic rings. The average molecular weight is 368 g/mol. The van der Waals surface area contributed by atoms with Crippen molar-refractivity contribution in [1.82, 2.24) is 0 Å². The second kappa shape index (κ2) is 9.27. The summed E-state index contributed by atoms with van der Waals surface area (Å²) in [4.78, 5) is 12.4. The highest BCUT2D eigenvalue weighted by Gasteiger charge is 2.32. The minimum absolute atomic E-state index is 0.0618. The molecule has 27 heavy (non-hydrogen) atoms. The zero-order valence-electron chi connectivity index (χ0n) is 16.1. The summed E-state index contributed by atoms with van der Waals surface area (Å²) in [6.07, 6.45) is 2.89. The molecule has 0 bridgehead atoms. The third-order valence-electron chi connectivity index (χ3n) is 4.66. The van der Waals surface area contributed by atoms with Gasteiger partial charge in [0.1, 0.15) is 0 Å². The Morgan fingerprint density at radius 1 is 1.04 bits per heavy atom. The minimum Gasteiger partial charge on any atom is -0.381 e. The quantitative estimate of drug-likeness (QED) is 0.486. The largest absolute Gasteiger partial charge is 0.381 e. The maximum atomic E-state index is 12.4. The topological polar surface area (TPSA) is 44.8 Å². The minimum atomic E-state index is -0.460. The van der Waals surface area contributed by atoms with Crippen molar-refractivity contribution in [3.05, 3.63) is 71.3 Å². The first-order valence-corrected chi connectivity index (χ1v) is 9.62. The number of rotatable bonds is 9. The van der Waals surface area contributed by atoms with Gasteiger partial charge in [0.05, 0.1) is 12.7 Å². The Labute approximate surface area is 161 Å². The summed E-state index contributed by atoms with van der Waals surface area (Å²) in [6, 6.07) is 17.2. The molecule has 0 N–H and O–H groups in total. The highest BCUT2D eigenvalue weighted by Crippen LogP contribution is 2.23. The van der Waals surface area contributed by atoms with Crippen LogP contribution in [0.15, 0.2) is 54.6 Å². The number of carbonyl (C=O) groups excluding carboxylic acids is 1. The first-order valence-electron chi connectivity index (χ1n) is 9.62. The lowest BCUT2D eigenvalue weighted by Gasteiger charge is -2.17. The Hall–Kier alpha value is -2.01. The van der Waals surface area contributed by atoms with Gasteiger partial charge in [-0.2, -0.15) is 0 Å².